The van der Waals surface area contributed by atoms with Crippen LogP contribution >= 0.6 is 11.6 Å². The van der Waals surface area contributed by atoms with E-state index in [9.17, 15) is 4.79 Å². The van der Waals surface area contributed by atoms with E-state index in [4.69, 9.17) is 26.9 Å². The molecule has 0 unspecified atom stereocenters. The lowest BCUT2D eigenvalue weighted by Gasteiger charge is -2.00. The van der Waals surface area contributed by atoms with Gasteiger partial charge in [-0.3, -0.25) is 0 Å². The zero-order chi connectivity index (χ0) is 11.2. The number of rotatable bonds is 1. The summed E-state index contributed by atoms with van der Waals surface area (Å²) in [4.78, 5) is 10.7. The third-order valence-corrected chi connectivity index (χ3v) is 2.66. The van der Waals surface area contributed by atoms with Crippen molar-refractivity contribution in [3.63, 3.8) is 0 Å². The van der Waals surface area contributed by atoms with Crippen LogP contribution in [0.3, 0.4) is 0 Å². The van der Waals surface area contributed by atoms with Crippen LogP contribution in [0.15, 0.2) is 16.5 Å². The Hall–Kier alpha value is -1.68. The summed E-state index contributed by atoms with van der Waals surface area (Å²) in [6, 6.07) is 3.03. The lowest BCUT2D eigenvalue weighted by atomic mass is 10.1. The van der Waals surface area contributed by atoms with Gasteiger partial charge in [0, 0.05) is 11.5 Å². The van der Waals surface area contributed by atoms with E-state index in [1.54, 1.807) is 13.0 Å². The second kappa shape index (κ2) is 3.17. The monoisotopic (exact) mass is 225 g/mol. The van der Waals surface area contributed by atoms with Gasteiger partial charge in [0.25, 0.3) is 0 Å². The number of hydrogen-bond donors (Lipinski definition) is 2. The van der Waals surface area contributed by atoms with Crippen molar-refractivity contribution in [1.29, 1.82) is 0 Å². The summed E-state index contributed by atoms with van der Waals surface area (Å²) in [6.07, 6.45) is 0. The number of furan rings is 1. The van der Waals surface area contributed by atoms with Gasteiger partial charge in [-0.05, 0) is 18.6 Å². The van der Waals surface area contributed by atoms with Crippen molar-refractivity contribution in [2.24, 2.45) is 0 Å². The molecule has 0 spiro atoms. The smallest absolute Gasteiger partial charge is 0.371 e. The van der Waals surface area contributed by atoms with E-state index >= 15 is 0 Å². The molecule has 0 aliphatic rings. The van der Waals surface area contributed by atoms with Crippen molar-refractivity contribution in [1.82, 2.24) is 0 Å². The molecule has 0 aliphatic heterocycles. The molecule has 0 bridgehead atoms. The molecular weight excluding hydrogens is 218 g/mol. The van der Waals surface area contributed by atoms with Crippen LogP contribution in [-0.2, 0) is 0 Å². The molecule has 0 saturated heterocycles. The average Bonchev–Trinajstić information content (AvgIpc) is 2.59. The maximum Gasteiger partial charge on any atom is 0.371 e. The van der Waals surface area contributed by atoms with Gasteiger partial charge in [-0.2, -0.15) is 0 Å². The van der Waals surface area contributed by atoms with Crippen LogP contribution in [0.4, 0.5) is 5.69 Å². The molecule has 0 aliphatic carbocycles. The molecule has 1 aromatic carbocycles. The molecule has 2 aromatic rings. The van der Waals surface area contributed by atoms with Crippen molar-refractivity contribution in [2.75, 3.05) is 5.73 Å². The molecule has 0 saturated carbocycles. The first-order valence-electron chi connectivity index (χ1n) is 4.22. The first kappa shape index (κ1) is 9.86. The SMILES string of the molecule is Cc1cc(N)c2oc(C(=O)O)cc2c1Cl. The molecule has 15 heavy (non-hydrogen) atoms. The van der Waals surface area contributed by atoms with Crippen LogP contribution in [0, 0.1) is 6.92 Å². The van der Waals surface area contributed by atoms with Crippen LogP contribution in [-0.4, -0.2) is 11.1 Å². The molecule has 4 nitrogen and oxygen atoms in total. The van der Waals surface area contributed by atoms with Gasteiger partial charge >= 0.3 is 5.97 Å². The highest BCUT2D eigenvalue weighted by Gasteiger charge is 2.15. The Bertz CT molecular complexity index is 559. The van der Waals surface area contributed by atoms with E-state index in [2.05, 4.69) is 0 Å². The number of benzene rings is 1. The number of hydrogen-bond acceptors (Lipinski definition) is 3. The number of carbonyl (C=O) groups is 1. The Morgan fingerprint density at radius 1 is 1.53 bits per heavy atom. The molecule has 0 radical (unpaired) electrons. The highest BCUT2D eigenvalue weighted by molar-refractivity contribution is 6.36. The first-order valence-corrected chi connectivity index (χ1v) is 4.60. The molecule has 78 valence electrons. The van der Waals surface area contributed by atoms with Crippen molar-refractivity contribution in [3.05, 3.63) is 28.5 Å². The third-order valence-electron chi connectivity index (χ3n) is 2.16. The third kappa shape index (κ3) is 1.43. The number of nitrogen functional groups attached to an aromatic ring is 1. The van der Waals surface area contributed by atoms with E-state index in [1.807, 2.05) is 0 Å². The second-order valence-electron chi connectivity index (χ2n) is 3.26. The largest absolute Gasteiger partial charge is 0.475 e. The maximum atomic E-state index is 10.7. The van der Waals surface area contributed by atoms with Crippen LogP contribution in [0.1, 0.15) is 16.1 Å². The minimum absolute atomic E-state index is 0.163. The molecule has 2 rings (SSSR count). The Balaban J connectivity index is 2.85. The van der Waals surface area contributed by atoms with Gasteiger partial charge in [-0.1, -0.05) is 11.6 Å². The summed E-state index contributed by atoms with van der Waals surface area (Å²) in [6.45, 7) is 1.80. The highest BCUT2D eigenvalue weighted by Crippen LogP contribution is 2.33. The lowest BCUT2D eigenvalue weighted by Crippen LogP contribution is -1.91. The van der Waals surface area contributed by atoms with Gasteiger partial charge < -0.3 is 15.3 Å². The van der Waals surface area contributed by atoms with Crippen LogP contribution in [0.5, 0.6) is 0 Å². The minimum Gasteiger partial charge on any atom is -0.475 e. The summed E-state index contributed by atoms with van der Waals surface area (Å²) in [5.74, 6) is -1.30. The maximum absolute atomic E-state index is 10.7. The summed E-state index contributed by atoms with van der Waals surface area (Å²) in [7, 11) is 0. The molecule has 1 aromatic heterocycles. The predicted octanol–water partition coefficient (Wildman–Crippen LogP) is 2.68. The number of aryl methyl sites for hydroxylation is 1. The van der Waals surface area contributed by atoms with E-state index in [1.165, 1.54) is 6.07 Å². The van der Waals surface area contributed by atoms with E-state index in [0.717, 1.165) is 5.56 Å². The lowest BCUT2D eigenvalue weighted by molar-refractivity contribution is 0.0665. The van der Waals surface area contributed by atoms with Crippen molar-refractivity contribution >= 4 is 34.2 Å². The van der Waals surface area contributed by atoms with Crippen molar-refractivity contribution < 1.29 is 14.3 Å². The fraction of sp³-hybridized carbons (Fsp3) is 0.100. The minimum atomic E-state index is -1.14. The fourth-order valence-electron chi connectivity index (χ4n) is 1.45. The number of aromatic carboxylic acids is 1. The Kier molecular flexibility index (Phi) is 2.08. The zero-order valence-electron chi connectivity index (χ0n) is 7.87. The second-order valence-corrected chi connectivity index (χ2v) is 3.63. The van der Waals surface area contributed by atoms with Gasteiger partial charge in [-0.15, -0.1) is 0 Å². The van der Waals surface area contributed by atoms with E-state index < -0.39 is 5.97 Å². The van der Waals surface area contributed by atoms with Crippen molar-refractivity contribution in [2.45, 2.75) is 6.92 Å². The normalized spacial score (nSPS) is 10.8. The van der Waals surface area contributed by atoms with Gasteiger partial charge in [0.2, 0.25) is 5.76 Å². The summed E-state index contributed by atoms with van der Waals surface area (Å²) >= 11 is 6.01. The molecule has 5 heteroatoms. The topological polar surface area (TPSA) is 76.5 Å². The summed E-state index contributed by atoms with van der Waals surface area (Å²) in [5, 5.41) is 9.76. The van der Waals surface area contributed by atoms with Crippen LogP contribution < -0.4 is 5.73 Å². The fourth-order valence-corrected chi connectivity index (χ4v) is 1.64. The molecule has 0 amide bonds. The quantitative estimate of drug-likeness (QED) is 0.732. The number of anilines is 1. The van der Waals surface area contributed by atoms with Crippen LogP contribution in [0.2, 0.25) is 5.02 Å². The highest BCUT2D eigenvalue weighted by atomic mass is 35.5. The van der Waals surface area contributed by atoms with Gasteiger partial charge in [0.1, 0.15) is 0 Å². The predicted molar refractivity (Wildman–Crippen MR) is 57.3 cm³/mol. The van der Waals surface area contributed by atoms with Crippen molar-refractivity contribution in [3.8, 4) is 0 Å². The first-order chi connectivity index (χ1) is 7.00. The number of carboxylic acids is 1. The average molecular weight is 226 g/mol. The van der Waals surface area contributed by atoms with Gasteiger partial charge in [0.15, 0.2) is 5.58 Å². The zero-order valence-corrected chi connectivity index (χ0v) is 8.63. The standard InChI is InChI=1S/C10H8ClNO3/c1-4-2-6(12)9-5(8(4)11)3-7(15-9)10(13)14/h2-3H,12H2,1H3,(H,13,14). The van der Waals surface area contributed by atoms with E-state index in [-0.39, 0.29) is 5.76 Å². The van der Waals surface area contributed by atoms with E-state index in [0.29, 0.717) is 21.7 Å². The van der Waals surface area contributed by atoms with Gasteiger partial charge in [0.05, 0.1) is 10.7 Å². The molecule has 0 fully saturated rings. The van der Waals surface area contributed by atoms with Crippen LogP contribution in [0.25, 0.3) is 11.0 Å². The summed E-state index contributed by atoms with van der Waals surface area (Å²) < 4.78 is 5.09. The Labute approximate surface area is 90.2 Å². The van der Waals surface area contributed by atoms with Gasteiger partial charge in [-0.25, -0.2) is 4.79 Å². The number of halogens is 1. The molecular formula is C10H8ClNO3. The molecule has 1 heterocycles. The number of nitrogens with two attached hydrogens (primary N) is 1. The number of fused-ring (bicyclic) bond motifs is 1. The Morgan fingerprint density at radius 2 is 2.20 bits per heavy atom. The summed E-state index contributed by atoms with van der Waals surface area (Å²) in [5.41, 5.74) is 7.20. The Morgan fingerprint density at radius 3 is 2.80 bits per heavy atom. The molecule has 3 N–H and O–H groups in total. The molecule has 0 atom stereocenters. The number of carboxylic acid groups (broad SMARTS) is 1.